The van der Waals surface area contributed by atoms with E-state index in [2.05, 4.69) is 20.4 Å². The Hall–Kier alpha value is -2.81. The molecule has 2 aromatic heterocycles. The number of amides is 1. The zero-order valence-electron chi connectivity index (χ0n) is 13.7. The second kappa shape index (κ2) is 7.39. The molecule has 1 amide bonds. The molecule has 3 rings (SSSR count). The van der Waals surface area contributed by atoms with Crippen LogP contribution in [0.4, 0.5) is 15.9 Å². The van der Waals surface area contributed by atoms with E-state index < -0.39 is 11.9 Å². The number of anilines is 2. The molecular weight excluding hydrogens is 327 g/mol. The molecule has 132 valence electrons. The van der Waals surface area contributed by atoms with Crippen molar-refractivity contribution in [2.24, 2.45) is 16.6 Å². The number of carbonyl (C=O) groups excluding carboxylic acids is 1. The fraction of sp³-hybridized carbons (Fsp3) is 0.375. The third kappa shape index (κ3) is 3.82. The smallest absolute Gasteiger partial charge is 0.254 e. The number of carbonyl (C=O) groups is 1. The molecule has 1 saturated heterocycles. The number of aromatic nitrogens is 3. The Morgan fingerprint density at radius 1 is 1.60 bits per heavy atom. The second-order valence-electron chi connectivity index (χ2n) is 5.73. The molecule has 0 radical (unpaired) electrons. The summed E-state index contributed by atoms with van der Waals surface area (Å²) in [5.74, 6) is -0.855. The first-order chi connectivity index (χ1) is 12.1. The third-order valence-electron chi connectivity index (χ3n) is 4.05. The number of rotatable bonds is 5. The number of nitrogens with two attached hydrogens (primary N) is 1. The quantitative estimate of drug-likeness (QED) is 0.631. The molecule has 1 aliphatic heterocycles. The lowest BCUT2D eigenvalue weighted by atomic mass is 9.96. The lowest BCUT2D eigenvalue weighted by Crippen LogP contribution is -2.31. The predicted octanol–water partition coefficient (Wildman–Crippen LogP) is 1.54. The molecule has 0 aliphatic carbocycles. The molecule has 9 heteroatoms. The molecule has 25 heavy (non-hydrogen) atoms. The Balaban J connectivity index is 1.92. The average molecular weight is 346 g/mol. The van der Waals surface area contributed by atoms with Crippen LogP contribution in [0.1, 0.15) is 22.8 Å². The van der Waals surface area contributed by atoms with Gasteiger partial charge in [0.1, 0.15) is 5.56 Å². The maximum atomic E-state index is 13.3. The van der Waals surface area contributed by atoms with E-state index in [0.717, 1.165) is 6.42 Å². The highest BCUT2D eigenvalue weighted by Gasteiger charge is 2.28. The summed E-state index contributed by atoms with van der Waals surface area (Å²) < 4.78 is 20.5. The van der Waals surface area contributed by atoms with Gasteiger partial charge in [-0.25, -0.2) is 4.98 Å². The van der Waals surface area contributed by atoms with Crippen LogP contribution in [0.2, 0.25) is 0 Å². The summed E-state index contributed by atoms with van der Waals surface area (Å²) in [7, 11) is 1.72. The van der Waals surface area contributed by atoms with Gasteiger partial charge in [-0.05, 0) is 12.5 Å². The van der Waals surface area contributed by atoms with Crippen LogP contribution in [0.5, 0.6) is 0 Å². The molecule has 0 aromatic carbocycles. The highest BCUT2D eigenvalue weighted by atomic mass is 19.1. The van der Waals surface area contributed by atoms with Crippen molar-refractivity contribution in [3.63, 3.8) is 0 Å². The predicted molar refractivity (Wildman–Crippen MR) is 90.6 cm³/mol. The molecule has 1 aliphatic rings. The Labute approximate surface area is 143 Å². The summed E-state index contributed by atoms with van der Waals surface area (Å²) in [6.07, 6.45) is 5.58. The van der Waals surface area contributed by atoms with E-state index in [1.54, 1.807) is 24.0 Å². The number of aliphatic imine (C=N–C) groups is 1. The first-order valence-corrected chi connectivity index (χ1v) is 7.86. The molecule has 0 bridgehead atoms. The molecule has 1 fully saturated rings. The van der Waals surface area contributed by atoms with Crippen LogP contribution in [0.25, 0.3) is 0 Å². The van der Waals surface area contributed by atoms with Crippen molar-refractivity contribution in [1.29, 1.82) is 0 Å². The maximum absolute atomic E-state index is 13.3. The summed E-state index contributed by atoms with van der Waals surface area (Å²) in [5.41, 5.74) is 6.10. The number of pyridine rings is 1. The van der Waals surface area contributed by atoms with Crippen LogP contribution in [-0.4, -0.2) is 47.1 Å². The number of hydrogen-bond acceptors (Lipinski definition) is 6. The molecule has 2 atom stereocenters. The van der Waals surface area contributed by atoms with E-state index in [-0.39, 0.29) is 23.3 Å². The molecule has 0 unspecified atom stereocenters. The number of nitrogens with one attached hydrogen (secondary N) is 1. The summed E-state index contributed by atoms with van der Waals surface area (Å²) in [4.78, 5) is 19.4. The van der Waals surface area contributed by atoms with Crippen molar-refractivity contribution in [2.45, 2.75) is 12.5 Å². The number of nitrogens with zero attached hydrogens (tertiary/aromatic N) is 4. The van der Waals surface area contributed by atoms with Crippen LogP contribution >= 0.6 is 0 Å². The van der Waals surface area contributed by atoms with Gasteiger partial charge in [-0.15, -0.1) is 0 Å². The SMILES string of the molecule is CN=C[C@H]1CCOC[C@@H]1n1cc(C(N)=O)c(Nc2ccnc(F)c2)n1. The standard InChI is InChI=1S/C16H19FN6O2/c1-19-7-10-3-5-25-9-13(10)23-8-12(15(18)24)16(22-23)21-11-2-4-20-14(17)6-11/h2,4,6-8,10,13H,3,5,9H2,1H3,(H2,18,24)(H,20,21,22)/t10-,13+/m1/s1. The Kier molecular flexibility index (Phi) is 5.03. The van der Waals surface area contributed by atoms with E-state index in [0.29, 0.717) is 18.9 Å². The fourth-order valence-electron chi connectivity index (χ4n) is 2.83. The van der Waals surface area contributed by atoms with Crippen molar-refractivity contribution < 1.29 is 13.9 Å². The van der Waals surface area contributed by atoms with Gasteiger partial charge in [0, 0.05) is 49.9 Å². The third-order valence-corrected chi connectivity index (χ3v) is 4.05. The summed E-state index contributed by atoms with van der Waals surface area (Å²) in [6.45, 7) is 1.11. The van der Waals surface area contributed by atoms with Crippen LogP contribution in [0, 0.1) is 11.9 Å². The van der Waals surface area contributed by atoms with Gasteiger partial charge in [0.05, 0.1) is 12.6 Å². The zero-order valence-corrected chi connectivity index (χ0v) is 13.7. The van der Waals surface area contributed by atoms with Crippen molar-refractivity contribution in [1.82, 2.24) is 14.8 Å². The molecular formula is C16H19FN6O2. The number of halogens is 1. The van der Waals surface area contributed by atoms with Crippen molar-refractivity contribution >= 4 is 23.6 Å². The highest BCUT2D eigenvalue weighted by molar-refractivity contribution is 5.98. The molecule has 0 spiro atoms. The molecule has 0 saturated carbocycles. The van der Waals surface area contributed by atoms with Crippen molar-refractivity contribution in [2.75, 3.05) is 25.6 Å². The monoisotopic (exact) mass is 346 g/mol. The van der Waals surface area contributed by atoms with Crippen LogP contribution in [0.15, 0.2) is 29.5 Å². The summed E-state index contributed by atoms with van der Waals surface area (Å²) >= 11 is 0. The van der Waals surface area contributed by atoms with Gasteiger partial charge in [-0.3, -0.25) is 9.48 Å². The Morgan fingerprint density at radius 3 is 3.16 bits per heavy atom. The minimum atomic E-state index is -0.634. The summed E-state index contributed by atoms with van der Waals surface area (Å²) in [5, 5.41) is 7.35. The lowest BCUT2D eigenvalue weighted by Gasteiger charge is -2.29. The van der Waals surface area contributed by atoms with E-state index in [1.807, 2.05) is 6.21 Å². The van der Waals surface area contributed by atoms with Crippen molar-refractivity contribution in [3.05, 3.63) is 36.0 Å². The molecule has 8 nitrogen and oxygen atoms in total. The second-order valence-corrected chi connectivity index (χ2v) is 5.73. The molecule has 3 heterocycles. The van der Waals surface area contributed by atoms with Gasteiger partial charge in [-0.1, -0.05) is 0 Å². The Morgan fingerprint density at radius 2 is 2.44 bits per heavy atom. The minimum absolute atomic E-state index is 0.0970. The highest BCUT2D eigenvalue weighted by Crippen LogP contribution is 2.28. The van der Waals surface area contributed by atoms with Gasteiger partial charge >= 0.3 is 0 Å². The minimum Gasteiger partial charge on any atom is -0.379 e. The number of hydrogen-bond donors (Lipinski definition) is 2. The van der Waals surface area contributed by atoms with Gasteiger partial charge in [0.25, 0.3) is 5.91 Å². The van der Waals surface area contributed by atoms with Crippen LogP contribution < -0.4 is 11.1 Å². The van der Waals surface area contributed by atoms with E-state index >= 15 is 0 Å². The zero-order chi connectivity index (χ0) is 17.8. The van der Waals surface area contributed by atoms with Crippen LogP contribution in [0.3, 0.4) is 0 Å². The normalized spacial score (nSPS) is 20.7. The fourth-order valence-corrected chi connectivity index (χ4v) is 2.83. The number of primary amides is 1. The first kappa shape index (κ1) is 17.0. The van der Waals surface area contributed by atoms with Crippen LogP contribution in [-0.2, 0) is 4.74 Å². The number of ether oxygens (including phenoxy) is 1. The van der Waals surface area contributed by atoms with E-state index in [9.17, 15) is 9.18 Å². The van der Waals surface area contributed by atoms with Crippen molar-refractivity contribution in [3.8, 4) is 0 Å². The van der Waals surface area contributed by atoms with Gasteiger partial charge in [0.15, 0.2) is 5.82 Å². The lowest BCUT2D eigenvalue weighted by molar-refractivity contribution is 0.0385. The van der Waals surface area contributed by atoms with Gasteiger partial charge in [0.2, 0.25) is 5.95 Å². The molecule has 3 N–H and O–H groups in total. The molecule has 2 aromatic rings. The average Bonchev–Trinajstić information content (AvgIpc) is 2.99. The van der Waals surface area contributed by atoms with Gasteiger partial charge in [-0.2, -0.15) is 9.49 Å². The maximum Gasteiger partial charge on any atom is 0.254 e. The largest absolute Gasteiger partial charge is 0.379 e. The summed E-state index contributed by atoms with van der Waals surface area (Å²) in [6, 6.07) is 2.68. The van der Waals surface area contributed by atoms with Gasteiger partial charge < -0.3 is 20.8 Å². The van der Waals surface area contributed by atoms with E-state index in [4.69, 9.17) is 10.5 Å². The first-order valence-electron chi connectivity index (χ1n) is 7.86. The topological polar surface area (TPSA) is 107 Å². The van der Waals surface area contributed by atoms with E-state index in [1.165, 1.54) is 12.3 Å². The Bertz CT molecular complexity index is 791.